The summed E-state index contributed by atoms with van der Waals surface area (Å²) in [6.07, 6.45) is 0. The quantitative estimate of drug-likeness (QED) is 0.175. The molecule has 57 heavy (non-hydrogen) atoms. The molecule has 6 nitrogen and oxygen atoms in total. The van der Waals surface area contributed by atoms with Gasteiger partial charge in [-0.15, -0.1) is 0 Å². The minimum absolute atomic E-state index is 0.589. The van der Waals surface area contributed by atoms with E-state index < -0.39 is 0 Å². The van der Waals surface area contributed by atoms with Gasteiger partial charge in [-0.2, -0.15) is 0 Å². The molecule has 0 amide bonds. The molecule has 4 aromatic heterocycles. The molecule has 4 heterocycles. The highest BCUT2D eigenvalue weighted by molar-refractivity contribution is 6.19. The van der Waals surface area contributed by atoms with Crippen molar-refractivity contribution in [3.05, 3.63) is 176 Å². The van der Waals surface area contributed by atoms with Crippen LogP contribution < -0.4 is 0 Å². The summed E-state index contributed by atoms with van der Waals surface area (Å²) >= 11 is 0. The van der Waals surface area contributed by atoms with Crippen molar-refractivity contribution in [2.24, 2.45) is 0 Å². The van der Waals surface area contributed by atoms with Gasteiger partial charge in [0.25, 0.3) is 0 Å². The summed E-state index contributed by atoms with van der Waals surface area (Å²) in [4.78, 5) is 15.0. The molecule has 12 aromatic rings. The Labute approximate surface area is 325 Å². The molecule has 6 heteroatoms. The lowest BCUT2D eigenvalue weighted by Crippen LogP contribution is -2.00. The van der Waals surface area contributed by atoms with Gasteiger partial charge < -0.3 is 13.3 Å². The Morgan fingerprint density at radius 1 is 0.281 bits per heavy atom. The highest BCUT2D eigenvalue weighted by atomic mass is 16.3. The Kier molecular flexibility index (Phi) is 6.83. The van der Waals surface area contributed by atoms with Crippen molar-refractivity contribution in [2.75, 3.05) is 0 Å². The van der Waals surface area contributed by atoms with Gasteiger partial charge in [-0.3, -0.25) is 0 Å². The molecular weight excluding hydrogens is 703 g/mol. The molecule has 12 rings (SSSR count). The van der Waals surface area contributed by atoms with Crippen molar-refractivity contribution in [1.82, 2.24) is 15.0 Å². The van der Waals surface area contributed by atoms with Crippen molar-refractivity contribution < 1.29 is 13.3 Å². The van der Waals surface area contributed by atoms with Crippen molar-refractivity contribution in [3.8, 4) is 56.4 Å². The van der Waals surface area contributed by atoms with E-state index in [4.69, 9.17) is 28.2 Å². The topological polar surface area (TPSA) is 78.1 Å². The van der Waals surface area contributed by atoms with Crippen molar-refractivity contribution in [1.29, 1.82) is 0 Å². The standard InChI is InChI=1S/C51H29N3O3/c1-2-11-31(12-3-1)49-52-50(54-51(53-49)33-25-28-45-41(29-33)36-14-5-7-18-42(36)55-45)32-23-21-30(22-24-32)34-26-27-37(46-40-15-6-9-20-44(40)57-48(34)46)39-17-10-16-38-35-13-4-8-19-43(35)56-47(38)39/h1-29H. The van der Waals surface area contributed by atoms with E-state index in [1.54, 1.807) is 0 Å². The first-order valence-electron chi connectivity index (χ1n) is 18.9. The minimum Gasteiger partial charge on any atom is -0.456 e. The number of benzene rings is 8. The van der Waals surface area contributed by atoms with Crippen molar-refractivity contribution in [3.63, 3.8) is 0 Å². The Hall–Kier alpha value is -7.83. The van der Waals surface area contributed by atoms with Crippen LogP contribution in [0.5, 0.6) is 0 Å². The normalized spacial score (nSPS) is 11.9. The number of nitrogens with zero attached hydrogens (tertiary/aromatic N) is 3. The molecule has 0 saturated heterocycles. The van der Waals surface area contributed by atoms with E-state index in [2.05, 4.69) is 91.0 Å². The molecule has 266 valence electrons. The van der Waals surface area contributed by atoms with Gasteiger partial charge in [-0.25, -0.2) is 15.0 Å². The number of hydrogen-bond donors (Lipinski definition) is 0. The Bertz CT molecular complexity index is 3520. The fourth-order valence-electron chi connectivity index (χ4n) is 8.25. The molecule has 0 saturated carbocycles. The van der Waals surface area contributed by atoms with Gasteiger partial charge in [0.05, 0.1) is 0 Å². The van der Waals surface area contributed by atoms with Crippen molar-refractivity contribution in [2.45, 2.75) is 0 Å². The summed E-state index contributed by atoms with van der Waals surface area (Å²) in [5.41, 5.74) is 11.9. The van der Waals surface area contributed by atoms with Crippen LogP contribution in [0.4, 0.5) is 0 Å². The first-order valence-corrected chi connectivity index (χ1v) is 18.9. The van der Waals surface area contributed by atoms with E-state index >= 15 is 0 Å². The van der Waals surface area contributed by atoms with Crippen molar-refractivity contribution >= 4 is 65.8 Å². The van der Waals surface area contributed by atoms with Crippen LogP contribution in [0.1, 0.15) is 0 Å². The van der Waals surface area contributed by atoms with E-state index in [0.717, 1.165) is 105 Å². The third kappa shape index (κ3) is 5.01. The predicted octanol–water partition coefficient (Wildman–Crippen LogP) is 13.9. The van der Waals surface area contributed by atoms with Crippen LogP contribution in [-0.4, -0.2) is 15.0 Å². The number of hydrogen-bond acceptors (Lipinski definition) is 6. The molecule has 0 unspecified atom stereocenters. The number of para-hydroxylation sites is 4. The molecule has 8 aromatic carbocycles. The van der Waals surface area contributed by atoms with Crippen LogP contribution in [0, 0.1) is 0 Å². The monoisotopic (exact) mass is 731 g/mol. The molecule has 0 atom stereocenters. The lowest BCUT2D eigenvalue weighted by molar-refractivity contribution is 0.668. The lowest BCUT2D eigenvalue weighted by atomic mass is 9.93. The maximum atomic E-state index is 6.70. The van der Waals surface area contributed by atoms with Crippen LogP contribution in [0.15, 0.2) is 189 Å². The van der Waals surface area contributed by atoms with Gasteiger partial charge in [-0.1, -0.05) is 133 Å². The van der Waals surface area contributed by atoms with Gasteiger partial charge in [0.15, 0.2) is 17.5 Å². The second-order valence-corrected chi connectivity index (χ2v) is 14.3. The molecule has 0 radical (unpaired) electrons. The molecule has 0 aliphatic carbocycles. The van der Waals surface area contributed by atoms with Gasteiger partial charge in [0, 0.05) is 60.1 Å². The zero-order valence-electron chi connectivity index (χ0n) is 30.3. The fraction of sp³-hybridized carbons (Fsp3) is 0. The number of furan rings is 3. The second-order valence-electron chi connectivity index (χ2n) is 14.3. The third-order valence-electron chi connectivity index (χ3n) is 11.0. The van der Waals surface area contributed by atoms with Crippen LogP contribution in [0.2, 0.25) is 0 Å². The summed E-state index contributed by atoms with van der Waals surface area (Å²) in [6.45, 7) is 0. The van der Waals surface area contributed by atoms with E-state index in [0.29, 0.717) is 17.5 Å². The zero-order valence-corrected chi connectivity index (χ0v) is 30.3. The Balaban J connectivity index is 0.991. The maximum absolute atomic E-state index is 6.70. The molecule has 0 aliphatic rings. The van der Waals surface area contributed by atoms with Gasteiger partial charge in [0.2, 0.25) is 0 Å². The molecule has 0 N–H and O–H groups in total. The summed E-state index contributed by atoms with van der Waals surface area (Å²) in [5, 5.41) is 6.39. The number of aromatic nitrogens is 3. The lowest BCUT2D eigenvalue weighted by Gasteiger charge is -2.11. The summed E-state index contributed by atoms with van der Waals surface area (Å²) in [6, 6.07) is 59.8. The van der Waals surface area contributed by atoms with Crippen LogP contribution in [-0.2, 0) is 0 Å². The van der Waals surface area contributed by atoms with E-state index in [-0.39, 0.29) is 0 Å². The average Bonchev–Trinajstić information content (AvgIpc) is 3.98. The molecule has 0 spiro atoms. The Morgan fingerprint density at radius 2 is 0.789 bits per heavy atom. The minimum atomic E-state index is 0.589. The summed E-state index contributed by atoms with van der Waals surface area (Å²) in [5.74, 6) is 1.79. The van der Waals surface area contributed by atoms with E-state index in [1.165, 1.54) is 0 Å². The number of rotatable bonds is 5. The molecular formula is C51H29N3O3. The predicted molar refractivity (Wildman–Crippen MR) is 229 cm³/mol. The van der Waals surface area contributed by atoms with Crippen LogP contribution in [0.25, 0.3) is 122 Å². The highest BCUT2D eigenvalue weighted by Crippen LogP contribution is 2.45. The third-order valence-corrected chi connectivity index (χ3v) is 11.0. The van der Waals surface area contributed by atoms with Gasteiger partial charge in [-0.05, 0) is 53.6 Å². The highest BCUT2D eigenvalue weighted by Gasteiger charge is 2.21. The van der Waals surface area contributed by atoms with Crippen LogP contribution in [0.3, 0.4) is 0 Å². The molecule has 0 aliphatic heterocycles. The molecule has 0 bridgehead atoms. The number of fused-ring (bicyclic) bond motifs is 9. The smallest absolute Gasteiger partial charge is 0.164 e. The van der Waals surface area contributed by atoms with Crippen LogP contribution >= 0.6 is 0 Å². The first kappa shape index (κ1) is 31.5. The largest absolute Gasteiger partial charge is 0.456 e. The van der Waals surface area contributed by atoms with E-state index in [9.17, 15) is 0 Å². The maximum Gasteiger partial charge on any atom is 0.164 e. The summed E-state index contributed by atoms with van der Waals surface area (Å²) < 4.78 is 19.3. The van der Waals surface area contributed by atoms with E-state index in [1.807, 2.05) is 84.9 Å². The fourth-order valence-corrected chi connectivity index (χ4v) is 8.25. The second kappa shape index (κ2) is 12.3. The SMILES string of the molecule is c1ccc(-c2nc(-c3ccc(-c4ccc(-c5cccc6c5oc5ccccc56)c5c4oc4ccccc45)cc3)nc(-c3ccc4oc5ccccc5c4c3)n2)cc1. The molecule has 0 fully saturated rings. The zero-order chi connectivity index (χ0) is 37.5. The van der Waals surface area contributed by atoms with Gasteiger partial charge >= 0.3 is 0 Å². The average molecular weight is 732 g/mol. The summed E-state index contributed by atoms with van der Waals surface area (Å²) in [7, 11) is 0. The van der Waals surface area contributed by atoms with Gasteiger partial charge in [0.1, 0.15) is 33.5 Å². The Morgan fingerprint density at radius 3 is 1.54 bits per heavy atom. The first-order chi connectivity index (χ1) is 28.2.